The number of methoxy groups -OCH3 is 2. The van der Waals surface area contributed by atoms with E-state index in [-0.39, 0.29) is 5.56 Å². The summed E-state index contributed by atoms with van der Waals surface area (Å²) in [6.07, 6.45) is 0. The summed E-state index contributed by atoms with van der Waals surface area (Å²) in [6.45, 7) is 0. The second-order valence-electron chi connectivity index (χ2n) is 4.17. The molecule has 1 atom stereocenters. The van der Waals surface area contributed by atoms with Crippen LogP contribution in [0.2, 0.25) is 0 Å². The molecule has 0 saturated heterocycles. The van der Waals surface area contributed by atoms with E-state index >= 15 is 0 Å². The highest BCUT2D eigenvalue weighted by molar-refractivity contribution is 9.09. The fourth-order valence-electron chi connectivity index (χ4n) is 1.86. The van der Waals surface area contributed by atoms with Crippen molar-refractivity contribution in [2.45, 2.75) is 4.83 Å². The molecular weight excluding hydrogens is 330 g/mol. The molecular formula is C15H13BrF2O2. The summed E-state index contributed by atoms with van der Waals surface area (Å²) >= 11 is 3.39. The van der Waals surface area contributed by atoms with Crippen LogP contribution >= 0.6 is 15.9 Å². The summed E-state index contributed by atoms with van der Waals surface area (Å²) < 4.78 is 37.4. The highest BCUT2D eigenvalue weighted by atomic mass is 79.9. The van der Waals surface area contributed by atoms with Crippen LogP contribution in [0.5, 0.6) is 11.5 Å². The first kappa shape index (κ1) is 14.8. The van der Waals surface area contributed by atoms with Gasteiger partial charge in [-0.05, 0) is 35.9 Å². The number of hydrogen-bond acceptors (Lipinski definition) is 2. The smallest absolute Gasteiger partial charge is 0.128 e. The molecule has 0 aliphatic carbocycles. The van der Waals surface area contributed by atoms with Gasteiger partial charge in [0.05, 0.1) is 19.0 Å². The minimum absolute atomic E-state index is 0.223. The van der Waals surface area contributed by atoms with Crippen LogP contribution in [0.15, 0.2) is 36.4 Å². The summed E-state index contributed by atoms with van der Waals surface area (Å²) in [4.78, 5) is -0.498. The Labute approximate surface area is 124 Å². The lowest BCUT2D eigenvalue weighted by Gasteiger charge is -2.14. The van der Waals surface area contributed by atoms with Crippen molar-refractivity contribution < 1.29 is 18.3 Å². The average molecular weight is 343 g/mol. The SMILES string of the molecule is COc1cc(OC)cc(C(Br)c2cc(F)ccc2F)c1. The highest BCUT2D eigenvalue weighted by Gasteiger charge is 2.17. The van der Waals surface area contributed by atoms with Crippen molar-refractivity contribution in [1.29, 1.82) is 0 Å². The van der Waals surface area contributed by atoms with Crippen molar-refractivity contribution in [2.75, 3.05) is 14.2 Å². The summed E-state index contributed by atoms with van der Waals surface area (Å²) in [5.74, 6) is 0.206. The summed E-state index contributed by atoms with van der Waals surface area (Å²) in [6, 6.07) is 8.56. The van der Waals surface area contributed by atoms with E-state index in [2.05, 4.69) is 15.9 Å². The molecule has 20 heavy (non-hydrogen) atoms. The van der Waals surface area contributed by atoms with E-state index in [4.69, 9.17) is 9.47 Å². The van der Waals surface area contributed by atoms with Crippen LogP contribution in [0, 0.1) is 11.6 Å². The number of halogens is 3. The van der Waals surface area contributed by atoms with Crippen molar-refractivity contribution >= 4 is 15.9 Å². The molecule has 0 heterocycles. The zero-order valence-electron chi connectivity index (χ0n) is 11.0. The molecule has 0 aliphatic rings. The summed E-state index contributed by atoms with van der Waals surface area (Å²) in [7, 11) is 3.06. The van der Waals surface area contributed by atoms with Crippen molar-refractivity contribution in [1.82, 2.24) is 0 Å². The van der Waals surface area contributed by atoms with Gasteiger partial charge >= 0.3 is 0 Å². The fraction of sp³-hybridized carbons (Fsp3) is 0.200. The number of rotatable bonds is 4. The lowest BCUT2D eigenvalue weighted by atomic mass is 10.0. The van der Waals surface area contributed by atoms with Gasteiger partial charge in [0.15, 0.2) is 0 Å². The minimum atomic E-state index is -0.498. The van der Waals surface area contributed by atoms with E-state index < -0.39 is 16.5 Å². The van der Waals surface area contributed by atoms with Gasteiger partial charge in [-0.3, -0.25) is 0 Å². The molecule has 106 valence electrons. The average Bonchev–Trinajstić information content (AvgIpc) is 2.48. The van der Waals surface area contributed by atoms with E-state index in [1.165, 1.54) is 20.3 Å². The molecule has 0 aromatic heterocycles. The van der Waals surface area contributed by atoms with Crippen LogP contribution in [0.1, 0.15) is 16.0 Å². The molecule has 0 aliphatic heterocycles. The highest BCUT2D eigenvalue weighted by Crippen LogP contribution is 2.36. The van der Waals surface area contributed by atoms with Crippen molar-refractivity contribution in [3.63, 3.8) is 0 Å². The molecule has 0 N–H and O–H groups in total. The lowest BCUT2D eigenvalue weighted by Crippen LogP contribution is -1.99. The van der Waals surface area contributed by atoms with E-state index in [1.807, 2.05) is 0 Å². The predicted molar refractivity (Wildman–Crippen MR) is 76.7 cm³/mol. The summed E-state index contributed by atoms with van der Waals surface area (Å²) in [5.41, 5.74) is 0.936. The van der Waals surface area contributed by atoms with Crippen molar-refractivity contribution in [3.05, 3.63) is 59.2 Å². The number of ether oxygens (including phenoxy) is 2. The minimum Gasteiger partial charge on any atom is -0.497 e. The van der Waals surface area contributed by atoms with Crippen LogP contribution in [0.25, 0.3) is 0 Å². The largest absolute Gasteiger partial charge is 0.497 e. The van der Waals surface area contributed by atoms with Gasteiger partial charge in [-0.1, -0.05) is 15.9 Å². The first-order valence-electron chi connectivity index (χ1n) is 5.87. The lowest BCUT2D eigenvalue weighted by molar-refractivity contribution is 0.393. The molecule has 2 aromatic rings. The molecule has 5 heteroatoms. The Morgan fingerprint density at radius 2 is 1.55 bits per heavy atom. The molecule has 0 fully saturated rings. The third kappa shape index (κ3) is 3.10. The Morgan fingerprint density at radius 1 is 0.950 bits per heavy atom. The Kier molecular flexibility index (Phi) is 4.60. The van der Waals surface area contributed by atoms with E-state index in [1.54, 1.807) is 18.2 Å². The quantitative estimate of drug-likeness (QED) is 0.763. The first-order valence-corrected chi connectivity index (χ1v) is 6.78. The maximum Gasteiger partial charge on any atom is 0.128 e. The molecule has 0 radical (unpaired) electrons. The van der Waals surface area contributed by atoms with Gasteiger partial charge in [0.1, 0.15) is 23.1 Å². The molecule has 0 amide bonds. The Morgan fingerprint density at radius 3 is 2.10 bits per heavy atom. The molecule has 0 saturated carbocycles. The predicted octanol–water partition coefficient (Wildman–Crippen LogP) is 4.47. The topological polar surface area (TPSA) is 18.5 Å². The maximum atomic E-state index is 13.8. The van der Waals surface area contributed by atoms with E-state index in [0.717, 1.165) is 12.1 Å². The molecule has 0 spiro atoms. The molecule has 2 rings (SSSR count). The normalized spacial score (nSPS) is 12.1. The third-order valence-electron chi connectivity index (χ3n) is 2.90. The van der Waals surface area contributed by atoms with Gasteiger partial charge in [-0.25, -0.2) is 8.78 Å². The molecule has 0 bridgehead atoms. The Balaban J connectivity index is 2.46. The number of alkyl halides is 1. The molecule has 2 nitrogen and oxygen atoms in total. The standard InChI is InChI=1S/C15H13BrF2O2/c1-19-11-5-9(6-12(8-11)20-2)15(16)13-7-10(17)3-4-14(13)18/h3-8,15H,1-2H3. The zero-order valence-corrected chi connectivity index (χ0v) is 12.6. The van der Waals surface area contributed by atoms with Crippen LogP contribution in [-0.2, 0) is 0 Å². The monoisotopic (exact) mass is 342 g/mol. The third-order valence-corrected chi connectivity index (χ3v) is 3.92. The van der Waals surface area contributed by atoms with Gasteiger partial charge in [0.25, 0.3) is 0 Å². The number of hydrogen-bond donors (Lipinski definition) is 0. The van der Waals surface area contributed by atoms with E-state index in [0.29, 0.717) is 17.1 Å². The zero-order chi connectivity index (χ0) is 14.7. The maximum absolute atomic E-state index is 13.8. The van der Waals surface area contributed by atoms with Gasteiger partial charge in [0.2, 0.25) is 0 Å². The van der Waals surface area contributed by atoms with Crippen molar-refractivity contribution in [3.8, 4) is 11.5 Å². The van der Waals surface area contributed by atoms with Crippen LogP contribution < -0.4 is 9.47 Å². The van der Waals surface area contributed by atoms with Crippen molar-refractivity contribution in [2.24, 2.45) is 0 Å². The van der Waals surface area contributed by atoms with E-state index in [9.17, 15) is 8.78 Å². The van der Waals surface area contributed by atoms with Gasteiger partial charge < -0.3 is 9.47 Å². The second-order valence-corrected chi connectivity index (χ2v) is 5.09. The number of benzene rings is 2. The Bertz CT molecular complexity index is 595. The Hall–Kier alpha value is -1.62. The fourth-order valence-corrected chi connectivity index (χ4v) is 2.48. The second kappa shape index (κ2) is 6.22. The molecule has 2 aromatic carbocycles. The van der Waals surface area contributed by atoms with Crippen LogP contribution in [-0.4, -0.2) is 14.2 Å². The summed E-state index contributed by atoms with van der Waals surface area (Å²) in [5, 5.41) is 0. The van der Waals surface area contributed by atoms with Crippen LogP contribution in [0.4, 0.5) is 8.78 Å². The molecule has 1 unspecified atom stereocenters. The van der Waals surface area contributed by atoms with Gasteiger partial charge in [-0.2, -0.15) is 0 Å². The van der Waals surface area contributed by atoms with Crippen LogP contribution in [0.3, 0.4) is 0 Å². The first-order chi connectivity index (χ1) is 9.55. The van der Waals surface area contributed by atoms with Gasteiger partial charge in [0, 0.05) is 11.6 Å². The van der Waals surface area contributed by atoms with Gasteiger partial charge in [-0.15, -0.1) is 0 Å².